The third-order valence-electron chi connectivity index (χ3n) is 0.796. The zero-order chi connectivity index (χ0) is 5.28. The number of aryl methyl sites for hydroxylation is 1. The predicted octanol–water partition coefficient (Wildman–Crippen LogP) is 1.16. The molecule has 0 spiro atoms. The lowest BCUT2D eigenvalue weighted by atomic mass is 10.6. The lowest BCUT2D eigenvalue weighted by molar-refractivity contribution is 0.625. The maximum atomic E-state index is 11.9. The largest absolute Gasteiger partial charge is 0.354 e. The highest BCUT2D eigenvalue weighted by molar-refractivity contribution is 4.93. The third-order valence-corrected chi connectivity index (χ3v) is 0.796. The van der Waals surface area contributed by atoms with Crippen molar-refractivity contribution in [1.29, 1.82) is 0 Å². The Morgan fingerprint density at radius 3 is 2.57 bits per heavy atom. The fourth-order valence-electron chi connectivity index (χ4n) is 0.469. The van der Waals surface area contributed by atoms with Gasteiger partial charge in [0.1, 0.15) is 5.82 Å². The van der Waals surface area contributed by atoms with E-state index in [-0.39, 0.29) is 5.82 Å². The molecular weight excluding hydrogens is 92.1 g/mol. The molecule has 0 unspecified atom stereocenters. The molecule has 1 aromatic rings. The molecule has 0 aliphatic rings. The van der Waals surface area contributed by atoms with Gasteiger partial charge in [-0.15, -0.1) is 0 Å². The summed E-state index contributed by atoms with van der Waals surface area (Å²) in [6.07, 6.45) is 3.08. The van der Waals surface area contributed by atoms with Crippen LogP contribution >= 0.6 is 0 Å². The highest BCUT2D eigenvalue weighted by Gasteiger charge is 1.84. The fraction of sp³-hybridized carbons (Fsp3) is 0.200. The van der Waals surface area contributed by atoms with Gasteiger partial charge in [-0.1, -0.05) is 0 Å². The minimum atomic E-state index is -0.178. The average Bonchev–Trinajstić information content (AvgIpc) is 1.87. The van der Waals surface area contributed by atoms with Crippen molar-refractivity contribution in [3.8, 4) is 0 Å². The molecule has 0 radical (unpaired) electrons. The average molecular weight is 98.1 g/mol. The first-order chi connectivity index (χ1) is 3.29. The molecule has 0 bridgehead atoms. The molecular formula is C5H6FN. The molecule has 0 aliphatic carbocycles. The fourth-order valence-corrected chi connectivity index (χ4v) is 0.469. The summed E-state index contributed by atoms with van der Waals surface area (Å²) in [7, 11) is 1.78. The number of halogens is 1. The minimum absolute atomic E-state index is 0.178. The Hall–Kier alpha value is -0.790. The van der Waals surface area contributed by atoms with Crippen LogP contribution in [0.25, 0.3) is 0 Å². The van der Waals surface area contributed by atoms with Crippen molar-refractivity contribution in [3.05, 3.63) is 24.3 Å². The van der Waals surface area contributed by atoms with Gasteiger partial charge in [0.05, 0.1) is 0 Å². The van der Waals surface area contributed by atoms with Gasteiger partial charge in [0.2, 0.25) is 0 Å². The molecule has 0 saturated heterocycles. The predicted molar refractivity (Wildman–Crippen MR) is 25.4 cm³/mol. The molecule has 1 rings (SSSR count). The first-order valence-electron chi connectivity index (χ1n) is 2.06. The van der Waals surface area contributed by atoms with Crippen LogP contribution in [-0.2, 0) is 7.05 Å². The Bertz CT molecular complexity index is 140. The lowest BCUT2D eigenvalue weighted by Gasteiger charge is -1.79. The molecule has 1 nitrogen and oxygen atoms in total. The monoisotopic (exact) mass is 98.1 g/mol. The second-order valence-electron chi connectivity index (χ2n) is 1.50. The number of aromatic nitrogens is 1. The maximum absolute atomic E-state index is 11.9. The highest BCUT2D eigenvalue weighted by atomic mass is 18.2. The molecule has 0 N–H and O–H groups in total. The van der Waals surface area contributed by atoms with E-state index in [4.69, 9.17) is 0 Å². The zero-order valence-electron chi connectivity index (χ0n) is 4.06. The summed E-state index contributed by atoms with van der Waals surface area (Å²) in [6, 6.07) is 1.42. The molecule has 1 aromatic heterocycles. The van der Waals surface area contributed by atoms with Crippen molar-refractivity contribution in [2.45, 2.75) is 0 Å². The molecule has 0 aromatic carbocycles. The molecule has 1 heterocycles. The maximum Gasteiger partial charge on any atom is 0.140 e. The summed E-state index contributed by atoms with van der Waals surface area (Å²) in [5, 5.41) is 0. The van der Waals surface area contributed by atoms with E-state index < -0.39 is 0 Å². The van der Waals surface area contributed by atoms with E-state index in [0.717, 1.165) is 0 Å². The van der Waals surface area contributed by atoms with Crippen molar-refractivity contribution >= 4 is 0 Å². The van der Waals surface area contributed by atoms with E-state index in [9.17, 15) is 4.39 Å². The Balaban J connectivity index is 3.04. The lowest BCUT2D eigenvalue weighted by Crippen LogP contribution is -1.76. The normalized spacial score (nSPS) is 9.43. The smallest absolute Gasteiger partial charge is 0.140 e. The molecule has 7 heavy (non-hydrogen) atoms. The van der Waals surface area contributed by atoms with Gasteiger partial charge in [-0.3, -0.25) is 0 Å². The zero-order valence-corrected chi connectivity index (χ0v) is 4.06. The minimum Gasteiger partial charge on any atom is -0.354 e. The summed E-state index contributed by atoms with van der Waals surface area (Å²) in [5.74, 6) is -0.178. The van der Waals surface area contributed by atoms with Gasteiger partial charge in [0.25, 0.3) is 0 Å². The third kappa shape index (κ3) is 0.796. The second kappa shape index (κ2) is 1.37. The number of rotatable bonds is 0. The van der Waals surface area contributed by atoms with Crippen molar-refractivity contribution in [2.24, 2.45) is 7.05 Å². The standard InChI is InChI=1S/C5H6FN/c1-7-3-2-5(6)4-7/h2-4H,1H3/i6-1. The number of hydrogen-bond donors (Lipinski definition) is 0. The number of nitrogens with zero attached hydrogens (tertiary/aromatic N) is 1. The van der Waals surface area contributed by atoms with E-state index in [1.54, 1.807) is 17.8 Å². The Labute approximate surface area is 41.4 Å². The molecule has 0 atom stereocenters. The van der Waals surface area contributed by atoms with E-state index in [1.165, 1.54) is 12.3 Å². The molecule has 2 heteroatoms. The van der Waals surface area contributed by atoms with Gasteiger partial charge in [0.15, 0.2) is 0 Å². The first kappa shape index (κ1) is 4.37. The van der Waals surface area contributed by atoms with E-state index >= 15 is 0 Å². The Kier molecular flexibility index (Phi) is 0.855. The molecule has 38 valence electrons. The van der Waals surface area contributed by atoms with Crippen LogP contribution in [0.1, 0.15) is 0 Å². The Morgan fingerprint density at radius 1 is 1.71 bits per heavy atom. The summed E-state index contributed by atoms with van der Waals surface area (Å²) >= 11 is 0. The van der Waals surface area contributed by atoms with Crippen molar-refractivity contribution in [2.75, 3.05) is 0 Å². The second-order valence-corrected chi connectivity index (χ2v) is 1.50. The van der Waals surface area contributed by atoms with E-state index in [0.29, 0.717) is 0 Å². The van der Waals surface area contributed by atoms with Crippen LogP contribution in [0.4, 0.5) is 4.39 Å². The van der Waals surface area contributed by atoms with Crippen molar-refractivity contribution in [3.63, 3.8) is 0 Å². The van der Waals surface area contributed by atoms with Gasteiger partial charge >= 0.3 is 0 Å². The molecule has 0 amide bonds. The van der Waals surface area contributed by atoms with Crippen molar-refractivity contribution < 1.29 is 4.39 Å². The van der Waals surface area contributed by atoms with Crippen LogP contribution in [-0.4, -0.2) is 4.57 Å². The topological polar surface area (TPSA) is 4.93 Å². The van der Waals surface area contributed by atoms with Crippen LogP contribution in [0.15, 0.2) is 18.5 Å². The van der Waals surface area contributed by atoms with Gasteiger partial charge in [-0.2, -0.15) is 0 Å². The summed E-state index contributed by atoms with van der Waals surface area (Å²) in [4.78, 5) is 0. The van der Waals surface area contributed by atoms with Gasteiger partial charge < -0.3 is 4.57 Å². The molecule has 0 fully saturated rings. The van der Waals surface area contributed by atoms with Crippen LogP contribution in [0.3, 0.4) is 0 Å². The van der Waals surface area contributed by atoms with E-state index in [2.05, 4.69) is 0 Å². The van der Waals surface area contributed by atoms with Gasteiger partial charge in [0, 0.05) is 19.4 Å². The van der Waals surface area contributed by atoms with Crippen LogP contribution in [0.2, 0.25) is 0 Å². The molecule has 0 saturated carbocycles. The van der Waals surface area contributed by atoms with Crippen molar-refractivity contribution in [1.82, 2.24) is 4.57 Å². The van der Waals surface area contributed by atoms with Crippen LogP contribution < -0.4 is 0 Å². The van der Waals surface area contributed by atoms with E-state index in [1.807, 2.05) is 0 Å². The number of hydrogen-bond acceptors (Lipinski definition) is 0. The van der Waals surface area contributed by atoms with Crippen LogP contribution in [0.5, 0.6) is 0 Å². The summed E-state index contributed by atoms with van der Waals surface area (Å²) in [6.45, 7) is 0. The highest BCUT2D eigenvalue weighted by Crippen LogP contribution is 1.93. The SMILES string of the molecule is Cn1ccc([18F])c1. The quantitative estimate of drug-likeness (QED) is 0.459. The van der Waals surface area contributed by atoms with Gasteiger partial charge in [-0.25, -0.2) is 4.39 Å². The van der Waals surface area contributed by atoms with Crippen LogP contribution in [0, 0.1) is 5.82 Å². The molecule has 0 aliphatic heterocycles. The first-order valence-corrected chi connectivity index (χ1v) is 2.06. The summed E-state index contributed by atoms with van der Waals surface area (Å²) < 4.78 is 13.6. The summed E-state index contributed by atoms with van der Waals surface area (Å²) in [5.41, 5.74) is 0. The van der Waals surface area contributed by atoms with Gasteiger partial charge in [-0.05, 0) is 6.07 Å². The Morgan fingerprint density at radius 2 is 2.43 bits per heavy atom.